The number of hydrogen-bond acceptors (Lipinski definition) is 1. The topological polar surface area (TPSA) is 23.8 Å². The first-order valence-electron chi connectivity index (χ1n) is 4.80. The van der Waals surface area contributed by atoms with Gasteiger partial charge in [-0.3, -0.25) is 0 Å². The molecule has 14 heavy (non-hydrogen) atoms. The van der Waals surface area contributed by atoms with Gasteiger partial charge in [-0.2, -0.15) is 5.26 Å². The molecule has 2 aromatic rings. The Balaban J connectivity index is 2.38. The van der Waals surface area contributed by atoms with Crippen LogP contribution in [0.1, 0.15) is 17.0 Å². The van der Waals surface area contributed by atoms with Gasteiger partial charge in [-0.1, -0.05) is 36.4 Å². The van der Waals surface area contributed by atoms with Gasteiger partial charge >= 0.3 is 0 Å². The Bertz CT molecular complexity index is 549. The molecule has 1 heteroatoms. The van der Waals surface area contributed by atoms with Crippen LogP contribution in [0, 0.1) is 11.3 Å². The summed E-state index contributed by atoms with van der Waals surface area (Å²) in [6, 6.07) is 14.9. The molecule has 0 saturated heterocycles. The minimum Gasteiger partial charge on any atom is -0.198 e. The summed E-state index contributed by atoms with van der Waals surface area (Å²) in [4.78, 5) is 0. The molecule has 1 aliphatic rings. The molecular weight excluding hydrogens is 170 g/mol. The molecule has 0 amide bonds. The van der Waals surface area contributed by atoms with Crippen LogP contribution in [0.2, 0.25) is 0 Å². The van der Waals surface area contributed by atoms with Crippen molar-refractivity contribution in [2.45, 2.75) is 12.3 Å². The fourth-order valence-corrected chi connectivity index (χ4v) is 2.23. The molecule has 3 rings (SSSR count). The standard InChI is InChI=1S/C13H9N/c14-8-11-7-10-6-5-9-3-1-2-4-12(9)13(10)11/h1-6,11H,7H2. The van der Waals surface area contributed by atoms with Gasteiger partial charge in [-0.15, -0.1) is 0 Å². The normalized spacial score (nSPS) is 18.4. The Kier molecular flexibility index (Phi) is 1.40. The van der Waals surface area contributed by atoms with E-state index in [-0.39, 0.29) is 5.92 Å². The summed E-state index contributed by atoms with van der Waals surface area (Å²) in [7, 11) is 0. The molecule has 1 unspecified atom stereocenters. The molecule has 0 heterocycles. The zero-order valence-electron chi connectivity index (χ0n) is 7.70. The molecule has 2 aromatic carbocycles. The second-order valence-corrected chi connectivity index (χ2v) is 3.75. The Hall–Kier alpha value is -1.81. The van der Waals surface area contributed by atoms with Gasteiger partial charge in [-0.05, 0) is 28.3 Å². The Morgan fingerprint density at radius 1 is 1.14 bits per heavy atom. The van der Waals surface area contributed by atoms with Crippen molar-refractivity contribution in [2.24, 2.45) is 0 Å². The summed E-state index contributed by atoms with van der Waals surface area (Å²) in [5, 5.41) is 11.4. The third kappa shape index (κ3) is 0.831. The molecule has 1 nitrogen and oxygen atoms in total. The molecule has 1 atom stereocenters. The van der Waals surface area contributed by atoms with E-state index in [4.69, 9.17) is 5.26 Å². The SMILES string of the molecule is N#CC1Cc2ccc3ccccc3c21. The Morgan fingerprint density at radius 3 is 2.86 bits per heavy atom. The molecule has 0 spiro atoms. The van der Waals surface area contributed by atoms with Crippen molar-refractivity contribution >= 4 is 10.8 Å². The van der Waals surface area contributed by atoms with Gasteiger partial charge in [0.1, 0.15) is 0 Å². The Labute approximate surface area is 82.6 Å². The molecule has 0 N–H and O–H groups in total. The van der Waals surface area contributed by atoms with Crippen molar-refractivity contribution in [3.63, 3.8) is 0 Å². The highest BCUT2D eigenvalue weighted by Gasteiger charge is 2.27. The zero-order valence-corrected chi connectivity index (χ0v) is 7.70. The summed E-state index contributed by atoms with van der Waals surface area (Å²) in [6.07, 6.45) is 0.927. The van der Waals surface area contributed by atoms with E-state index in [0.29, 0.717) is 0 Å². The summed E-state index contributed by atoms with van der Waals surface area (Å²) in [5.74, 6) is 0.121. The first-order valence-corrected chi connectivity index (χ1v) is 4.80. The molecule has 0 saturated carbocycles. The lowest BCUT2D eigenvalue weighted by atomic mass is 9.76. The number of fused-ring (bicyclic) bond motifs is 3. The lowest BCUT2D eigenvalue weighted by Gasteiger charge is -2.26. The molecule has 1 aliphatic carbocycles. The van der Waals surface area contributed by atoms with E-state index in [1.54, 1.807) is 0 Å². The summed E-state index contributed by atoms with van der Waals surface area (Å²) in [6.45, 7) is 0. The van der Waals surface area contributed by atoms with Crippen molar-refractivity contribution in [2.75, 3.05) is 0 Å². The third-order valence-corrected chi connectivity index (χ3v) is 2.99. The van der Waals surface area contributed by atoms with Crippen LogP contribution in [-0.2, 0) is 6.42 Å². The van der Waals surface area contributed by atoms with E-state index in [1.807, 2.05) is 12.1 Å². The number of hydrogen-bond donors (Lipinski definition) is 0. The second kappa shape index (κ2) is 2.59. The average Bonchev–Trinajstić information content (AvgIpc) is 2.18. The first kappa shape index (κ1) is 7.58. The lowest BCUT2D eigenvalue weighted by molar-refractivity contribution is 0.755. The fraction of sp³-hybridized carbons (Fsp3) is 0.154. The van der Waals surface area contributed by atoms with Gasteiger partial charge in [0, 0.05) is 0 Å². The average molecular weight is 179 g/mol. The molecule has 0 radical (unpaired) electrons. The Morgan fingerprint density at radius 2 is 2.00 bits per heavy atom. The molecule has 0 fully saturated rings. The molecule has 0 aromatic heterocycles. The molecule has 66 valence electrons. The number of nitrogens with zero attached hydrogens (tertiary/aromatic N) is 1. The lowest BCUT2D eigenvalue weighted by Crippen LogP contribution is -2.15. The van der Waals surface area contributed by atoms with Crippen LogP contribution in [0.25, 0.3) is 10.8 Å². The second-order valence-electron chi connectivity index (χ2n) is 3.75. The van der Waals surface area contributed by atoms with E-state index in [2.05, 4.69) is 30.3 Å². The van der Waals surface area contributed by atoms with Crippen molar-refractivity contribution in [3.8, 4) is 6.07 Å². The molecule has 0 aliphatic heterocycles. The highest BCUT2D eigenvalue weighted by Crippen LogP contribution is 2.39. The zero-order chi connectivity index (χ0) is 9.54. The maximum absolute atomic E-state index is 8.94. The first-order chi connectivity index (χ1) is 6.90. The van der Waals surface area contributed by atoms with Crippen LogP contribution in [0.5, 0.6) is 0 Å². The highest BCUT2D eigenvalue weighted by atomic mass is 14.3. The van der Waals surface area contributed by atoms with Gasteiger partial charge < -0.3 is 0 Å². The third-order valence-electron chi connectivity index (χ3n) is 2.99. The monoisotopic (exact) mass is 179 g/mol. The maximum atomic E-state index is 8.94. The van der Waals surface area contributed by atoms with E-state index >= 15 is 0 Å². The van der Waals surface area contributed by atoms with E-state index in [1.165, 1.54) is 21.9 Å². The summed E-state index contributed by atoms with van der Waals surface area (Å²) >= 11 is 0. The highest BCUT2D eigenvalue weighted by molar-refractivity contribution is 5.89. The van der Waals surface area contributed by atoms with E-state index in [0.717, 1.165) is 6.42 Å². The van der Waals surface area contributed by atoms with Crippen LogP contribution < -0.4 is 0 Å². The summed E-state index contributed by atoms with van der Waals surface area (Å²) < 4.78 is 0. The minimum absolute atomic E-state index is 0.121. The predicted molar refractivity (Wildman–Crippen MR) is 56.0 cm³/mol. The van der Waals surface area contributed by atoms with Crippen LogP contribution in [0.3, 0.4) is 0 Å². The van der Waals surface area contributed by atoms with Gasteiger partial charge in [0.2, 0.25) is 0 Å². The van der Waals surface area contributed by atoms with Crippen LogP contribution in [0.4, 0.5) is 0 Å². The minimum atomic E-state index is 0.121. The van der Waals surface area contributed by atoms with Gasteiger partial charge in [0.05, 0.1) is 12.0 Å². The molecular formula is C13H9N. The smallest absolute Gasteiger partial charge is 0.0761 e. The maximum Gasteiger partial charge on any atom is 0.0761 e. The van der Waals surface area contributed by atoms with Crippen LogP contribution >= 0.6 is 0 Å². The van der Waals surface area contributed by atoms with Crippen molar-refractivity contribution in [1.29, 1.82) is 5.26 Å². The van der Waals surface area contributed by atoms with Gasteiger partial charge in [0.15, 0.2) is 0 Å². The van der Waals surface area contributed by atoms with Gasteiger partial charge in [0.25, 0.3) is 0 Å². The fourth-order valence-electron chi connectivity index (χ4n) is 2.23. The van der Waals surface area contributed by atoms with Crippen LogP contribution in [0.15, 0.2) is 36.4 Å². The number of nitriles is 1. The number of rotatable bonds is 0. The van der Waals surface area contributed by atoms with Crippen molar-refractivity contribution < 1.29 is 0 Å². The van der Waals surface area contributed by atoms with Crippen molar-refractivity contribution in [3.05, 3.63) is 47.5 Å². The summed E-state index contributed by atoms with van der Waals surface area (Å²) in [5.41, 5.74) is 2.60. The van der Waals surface area contributed by atoms with E-state index < -0.39 is 0 Å². The molecule has 0 bridgehead atoms. The largest absolute Gasteiger partial charge is 0.198 e. The number of benzene rings is 2. The quantitative estimate of drug-likeness (QED) is 0.609. The predicted octanol–water partition coefficient (Wildman–Crippen LogP) is 3.00. The van der Waals surface area contributed by atoms with Crippen LogP contribution in [-0.4, -0.2) is 0 Å². The van der Waals surface area contributed by atoms with Gasteiger partial charge in [-0.25, -0.2) is 0 Å². The van der Waals surface area contributed by atoms with E-state index in [9.17, 15) is 0 Å². The van der Waals surface area contributed by atoms with Crippen molar-refractivity contribution in [1.82, 2.24) is 0 Å².